The van der Waals surface area contributed by atoms with Crippen LogP contribution in [0.1, 0.15) is 33.6 Å². The van der Waals surface area contributed by atoms with Gasteiger partial charge in [0, 0.05) is 32.8 Å². The number of hydrogen-bond donors (Lipinski definition) is 1. The van der Waals surface area contributed by atoms with Gasteiger partial charge in [-0.3, -0.25) is 0 Å². The molecule has 1 aliphatic rings. The van der Waals surface area contributed by atoms with Gasteiger partial charge in [0.05, 0.1) is 11.9 Å². The quantitative estimate of drug-likeness (QED) is 0.762. The molecule has 2 atom stereocenters. The van der Waals surface area contributed by atoms with Crippen LogP contribution in [0.4, 0.5) is 0 Å². The molecule has 0 aromatic carbocycles. The van der Waals surface area contributed by atoms with E-state index in [0.717, 1.165) is 12.8 Å². The summed E-state index contributed by atoms with van der Waals surface area (Å²) >= 11 is 0. The van der Waals surface area contributed by atoms with Crippen LogP contribution in [0.15, 0.2) is 0 Å². The molecule has 0 radical (unpaired) electrons. The molecule has 1 rings (SSSR count). The lowest BCUT2D eigenvalue weighted by Gasteiger charge is -2.33. The molecule has 2 unspecified atom stereocenters. The third kappa shape index (κ3) is 5.02. The second-order valence-corrected chi connectivity index (χ2v) is 8.09. The van der Waals surface area contributed by atoms with Gasteiger partial charge in [0.25, 0.3) is 0 Å². The van der Waals surface area contributed by atoms with Crippen LogP contribution < -0.4 is 5.32 Å². The summed E-state index contributed by atoms with van der Waals surface area (Å²) in [4.78, 5) is 0. The molecule has 0 saturated carbocycles. The van der Waals surface area contributed by atoms with E-state index in [1.807, 2.05) is 13.8 Å². The number of rotatable bonds is 7. The second-order valence-electron chi connectivity index (χ2n) is 5.74. The first kappa shape index (κ1) is 16.9. The lowest BCUT2D eigenvalue weighted by molar-refractivity contribution is 0.118. The molecule has 1 N–H and O–H groups in total. The molecule has 1 heterocycles. The Morgan fingerprint density at radius 1 is 1.37 bits per heavy atom. The van der Waals surface area contributed by atoms with Crippen molar-refractivity contribution >= 4 is 10.0 Å². The van der Waals surface area contributed by atoms with Gasteiger partial charge in [0.15, 0.2) is 0 Å². The number of methoxy groups -OCH3 is 1. The molecule has 1 saturated heterocycles. The fraction of sp³-hybridized carbons (Fsp3) is 1.00. The van der Waals surface area contributed by atoms with Crippen molar-refractivity contribution in [1.29, 1.82) is 0 Å². The van der Waals surface area contributed by atoms with Gasteiger partial charge < -0.3 is 10.1 Å². The first-order chi connectivity index (χ1) is 8.87. The highest BCUT2D eigenvalue weighted by molar-refractivity contribution is 7.89. The minimum atomic E-state index is -3.19. The molecule has 0 bridgehead atoms. The van der Waals surface area contributed by atoms with Gasteiger partial charge in [-0.15, -0.1) is 0 Å². The van der Waals surface area contributed by atoms with Crippen LogP contribution in [0.3, 0.4) is 0 Å². The number of nitrogens with zero attached hydrogens (tertiary/aromatic N) is 1. The van der Waals surface area contributed by atoms with Crippen LogP contribution in [0.5, 0.6) is 0 Å². The van der Waals surface area contributed by atoms with Crippen molar-refractivity contribution in [3.63, 3.8) is 0 Å². The number of ether oxygens (including phenoxy) is 1. The summed E-state index contributed by atoms with van der Waals surface area (Å²) in [5.41, 5.74) is 0. The van der Waals surface area contributed by atoms with Gasteiger partial charge in [0.1, 0.15) is 0 Å². The summed E-state index contributed by atoms with van der Waals surface area (Å²) in [5.74, 6) is 0.332. The molecular formula is C13H28N2O3S. The van der Waals surface area contributed by atoms with E-state index in [9.17, 15) is 8.42 Å². The molecule has 0 aromatic heterocycles. The van der Waals surface area contributed by atoms with Crippen LogP contribution >= 0.6 is 0 Å². The highest BCUT2D eigenvalue weighted by atomic mass is 32.2. The summed E-state index contributed by atoms with van der Waals surface area (Å²) in [6.45, 7) is 8.22. The van der Waals surface area contributed by atoms with Crippen molar-refractivity contribution in [1.82, 2.24) is 9.62 Å². The minimum absolute atomic E-state index is 0.306. The monoisotopic (exact) mass is 292 g/mol. The zero-order valence-corrected chi connectivity index (χ0v) is 13.4. The summed E-state index contributed by atoms with van der Waals surface area (Å²) < 4.78 is 31.8. The fourth-order valence-corrected chi connectivity index (χ4v) is 4.01. The summed E-state index contributed by atoms with van der Waals surface area (Å²) in [6.07, 6.45) is 1.98. The maximum absolute atomic E-state index is 12.5. The Balaban J connectivity index is 2.60. The maximum Gasteiger partial charge on any atom is 0.217 e. The predicted octanol–water partition coefficient (Wildman–Crippen LogP) is 1.06. The second kappa shape index (κ2) is 7.57. The van der Waals surface area contributed by atoms with Gasteiger partial charge in [-0.1, -0.05) is 13.8 Å². The van der Waals surface area contributed by atoms with E-state index in [0.29, 0.717) is 38.2 Å². The Bertz CT molecular complexity index is 355. The van der Waals surface area contributed by atoms with E-state index >= 15 is 0 Å². The van der Waals surface area contributed by atoms with E-state index in [1.54, 1.807) is 18.3 Å². The van der Waals surface area contributed by atoms with E-state index in [1.165, 1.54) is 0 Å². The minimum Gasteiger partial charge on any atom is -0.384 e. The fourth-order valence-electron chi connectivity index (χ4n) is 2.39. The Hall–Kier alpha value is -0.170. The summed E-state index contributed by atoms with van der Waals surface area (Å²) in [7, 11) is -1.52. The first-order valence-corrected chi connectivity index (χ1v) is 8.59. The first-order valence-electron chi connectivity index (χ1n) is 7.09. The molecule has 114 valence electrons. The van der Waals surface area contributed by atoms with Crippen molar-refractivity contribution in [2.45, 2.75) is 44.9 Å². The molecule has 0 aliphatic carbocycles. The van der Waals surface area contributed by atoms with Crippen LogP contribution in [-0.2, 0) is 14.8 Å². The lowest BCUT2D eigenvalue weighted by atomic mass is 10.0. The zero-order chi connectivity index (χ0) is 14.5. The standard InChI is InChI=1S/C13H28N2O3S/c1-11(2)14-8-12(3)19(16,17)15-7-5-6-13(9-15)10-18-4/h11-14H,5-10H2,1-4H3. The molecule has 0 spiro atoms. The highest BCUT2D eigenvalue weighted by Crippen LogP contribution is 2.21. The van der Waals surface area contributed by atoms with Crippen LogP contribution in [-0.4, -0.2) is 57.4 Å². The molecular weight excluding hydrogens is 264 g/mol. The number of hydrogen-bond acceptors (Lipinski definition) is 4. The van der Waals surface area contributed by atoms with Crippen molar-refractivity contribution in [3.8, 4) is 0 Å². The smallest absolute Gasteiger partial charge is 0.217 e. The van der Waals surface area contributed by atoms with E-state index in [-0.39, 0.29) is 5.25 Å². The lowest BCUT2D eigenvalue weighted by Crippen LogP contribution is -2.47. The third-order valence-corrected chi connectivity index (χ3v) is 5.80. The van der Waals surface area contributed by atoms with Gasteiger partial charge >= 0.3 is 0 Å². The van der Waals surface area contributed by atoms with Crippen molar-refractivity contribution in [3.05, 3.63) is 0 Å². The van der Waals surface area contributed by atoms with E-state index in [2.05, 4.69) is 5.32 Å². The maximum atomic E-state index is 12.5. The average molecular weight is 292 g/mol. The predicted molar refractivity (Wildman–Crippen MR) is 77.7 cm³/mol. The Labute approximate surface area is 117 Å². The van der Waals surface area contributed by atoms with Gasteiger partial charge in [-0.2, -0.15) is 0 Å². The van der Waals surface area contributed by atoms with Crippen LogP contribution in [0.25, 0.3) is 0 Å². The highest BCUT2D eigenvalue weighted by Gasteiger charge is 2.32. The Morgan fingerprint density at radius 3 is 2.63 bits per heavy atom. The van der Waals surface area contributed by atoms with E-state index in [4.69, 9.17) is 4.74 Å². The largest absolute Gasteiger partial charge is 0.384 e. The molecule has 6 heteroatoms. The van der Waals surface area contributed by atoms with Gasteiger partial charge in [-0.05, 0) is 25.7 Å². The zero-order valence-electron chi connectivity index (χ0n) is 12.6. The molecule has 19 heavy (non-hydrogen) atoms. The van der Waals surface area contributed by atoms with E-state index < -0.39 is 10.0 Å². The van der Waals surface area contributed by atoms with Gasteiger partial charge in [-0.25, -0.2) is 12.7 Å². The normalized spacial score (nSPS) is 23.7. The van der Waals surface area contributed by atoms with Crippen LogP contribution in [0, 0.1) is 5.92 Å². The number of nitrogens with one attached hydrogen (secondary N) is 1. The van der Waals surface area contributed by atoms with Crippen LogP contribution in [0.2, 0.25) is 0 Å². The van der Waals surface area contributed by atoms with Crippen molar-refractivity contribution in [2.75, 3.05) is 33.4 Å². The average Bonchev–Trinajstić information content (AvgIpc) is 2.36. The Kier molecular flexibility index (Phi) is 6.73. The summed E-state index contributed by atoms with van der Waals surface area (Å²) in [6, 6.07) is 0.306. The molecule has 0 aromatic rings. The topological polar surface area (TPSA) is 58.6 Å². The number of sulfonamides is 1. The SMILES string of the molecule is COCC1CCCN(S(=O)(=O)C(C)CNC(C)C)C1. The number of piperidine rings is 1. The molecule has 1 aliphatic heterocycles. The molecule has 0 amide bonds. The van der Waals surface area contributed by atoms with Crippen molar-refractivity contribution < 1.29 is 13.2 Å². The third-order valence-electron chi connectivity index (χ3n) is 3.57. The van der Waals surface area contributed by atoms with Gasteiger partial charge in [0.2, 0.25) is 10.0 Å². The Morgan fingerprint density at radius 2 is 2.05 bits per heavy atom. The molecule has 5 nitrogen and oxygen atoms in total. The van der Waals surface area contributed by atoms with Crippen molar-refractivity contribution in [2.24, 2.45) is 5.92 Å². The summed E-state index contributed by atoms with van der Waals surface area (Å²) in [5, 5.41) is 2.82. The molecule has 1 fully saturated rings.